The lowest BCUT2D eigenvalue weighted by Gasteiger charge is -2.37. The van der Waals surface area contributed by atoms with Crippen molar-refractivity contribution < 1.29 is 19.4 Å². The van der Waals surface area contributed by atoms with Crippen LogP contribution in [0.1, 0.15) is 22.0 Å². The molecule has 4 N–H and O–H groups in total. The number of fused-ring (bicyclic) bond motifs is 1. The van der Waals surface area contributed by atoms with Gasteiger partial charge in [-0.3, -0.25) is 0 Å². The molecule has 1 aliphatic heterocycles. The number of aromatic carboxylic acids is 1. The van der Waals surface area contributed by atoms with E-state index in [4.69, 9.17) is 15.6 Å². The number of carboxylic acid groups (broad SMARTS) is 1. The number of rotatable bonds is 4. The Balaban J connectivity index is 1.95. The minimum Gasteiger partial charge on any atom is -0.481 e. The van der Waals surface area contributed by atoms with E-state index in [1.807, 2.05) is 30.3 Å². The van der Waals surface area contributed by atoms with E-state index < -0.39 is 12.0 Å². The van der Waals surface area contributed by atoms with Crippen molar-refractivity contribution in [1.82, 2.24) is 4.90 Å². The van der Waals surface area contributed by atoms with Crippen molar-refractivity contribution in [3.05, 3.63) is 59.7 Å². The van der Waals surface area contributed by atoms with Gasteiger partial charge in [-0.05, 0) is 23.8 Å². The number of nitrogens with zero attached hydrogens (tertiary/aromatic N) is 1. The maximum Gasteiger partial charge on any atom is 0.335 e. The molecule has 0 radical (unpaired) electrons. The number of urea groups is 1. The number of ether oxygens (including phenoxy) is 1. The molecule has 2 aromatic carbocycles. The Bertz CT molecular complexity index is 794. The Kier molecular flexibility index (Phi) is 4.47. The number of nitrogens with one attached hydrogen (secondary N) is 1. The second kappa shape index (κ2) is 6.72. The van der Waals surface area contributed by atoms with Gasteiger partial charge in [-0.15, -0.1) is 0 Å². The monoisotopic (exact) mass is 341 g/mol. The highest BCUT2D eigenvalue weighted by Crippen LogP contribution is 2.38. The van der Waals surface area contributed by atoms with Gasteiger partial charge in [0, 0.05) is 13.6 Å². The molecule has 2 unspecified atom stereocenters. The van der Waals surface area contributed by atoms with Crippen LogP contribution < -0.4 is 15.8 Å². The molecule has 2 amide bonds. The van der Waals surface area contributed by atoms with Gasteiger partial charge in [0.05, 0.1) is 17.3 Å². The maximum absolute atomic E-state index is 11.4. The number of carbonyl (C=O) groups is 2. The average Bonchev–Trinajstić information content (AvgIpc) is 2.61. The highest BCUT2D eigenvalue weighted by molar-refractivity contribution is 5.89. The normalized spacial score (nSPS) is 18.4. The molecule has 1 aliphatic rings. The van der Waals surface area contributed by atoms with Crippen LogP contribution in [0.5, 0.6) is 5.75 Å². The van der Waals surface area contributed by atoms with Crippen molar-refractivity contribution in [2.75, 3.05) is 18.9 Å². The van der Waals surface area contributed by atoms with Gasteiger partial charge in [-0.2, -0.15) is 0 Å². The second-order valence-electron chi connectivity index (χ2n) is 5.93. The molecule has 3 rings (SSSR count). The molecule has 0 saturated heterocycles. The lowest BCUT2D eigenvalue weighted by Crippen LogP contribution is -2.46. The summed E-state index contributed by atoms with van der Waals surface area (Å²) in [4.78, 5) is 24.0. The van der Waals surface area contributed by atoms with Crippen molar-refractivity contribution in [3.8, 4) is 5.75 Å². The third kappa shape index (κ3) is 3.50. The predicted molar refractivity (Wildman–Crippen MR) is 92.8 cm³/mol. The van der Waals surface area contributed by atoms with E-state index in [0.29, 0.717) is 18.0 Å². The average molecular weight is 341 g/mol. The summed E-state index contributed by atoms with van der Waals surface area (Å²) in [6.07, 6.45) is -0.342. The number of nitrogens with two attached hydrogens (primary N) is 1. The maximum atomic E-state index is 11.4. The number of anilines is 1. The van der Waals surface area contributed by atoms with Crippen molar-refractivity contribution in [2.45, 2.75) is 12.1 Å². The minimum absolute atomic E-state index is 0.162. The van der Waals surface area contributed by atoms with Gasteiger partial charge in [-0.25, -0.2) is 9.59 Å². The van der Waals surface area contributed by atoms with Gasteiger partial charge >= 0.3 is 12.0 Å². The van der Waals surface area contributed by atoms with Gasteiger partial charge in [-0.1, -0.05) is 30.3 Å². The first kappa shape index (κ1) is 16.6. The van der Waals surface area contributed by atoms with E-state index >= 15 is 0 Å². The van der Waals surface area contributed by atoms with E-state index in [1.54, 1.807) is 13.1 Å². The Morgan fingerprint density at radius 1 is 1.24 bits per heavy atom. The summed E-state index contributed by atoms with van der Waals surface area (Å²) in [7, 11) is 1.61. The number of hydrogen-bond donors (Lipinski definition) is 3. The first-order valence-electron chi connectivity index (χ1n) is 7.82. The Labute approximate surface area is 145 Å². The second-order valence-corrected chi connectivity index (χ2v) is 5.93. The van der Waals surface area contributed by atoms with Gasteiger partial charge in [0.25, 0.3) is 0 Å². The molecule has 130 valence electrons. The summed E-state index contributed by atoms with van der Waals surface area (Å²) < 4.78 is 6.11. The molecule has 1 heterocycles. The minimum atomic E-state index is -1.01. The molecule has 2 aromatic rings. The number of carboxylic acids is 1. The van der Waals surface area contributed by atoms with Crippen molar-refractivity contribution in [1.29, 1.82) is 0 Å². The SMILES string of the molecule is CN(CC1Nc2cc(C(=O)O)ccc2OC1c1ccccc1)C(N)=O. The fraction of sp³-hybridized carbons (Fsp3) is 0.222. The topological polar surface area (TPSA) is 105 Å². The lowest BCUT2D eigenvalue weighted by molar-refractivity contribution is 0.0696. The van der Waals surface area contributed by atoms with Crippen LogP contribution in [0.2, 0.25) is 0 Å². The van der Waals surface area contributed by atoms with Crippen molar-refractivity contribution in [3.63, 3.8) is 0 Å². The summed E-state index contributed by atoms with van der Waals surface area (Å²) >= 11 is 0. The molecule has 0 saturated carbocycles. The summed E-state index contributed by atoms with van der Waals surface area (Å²) in [6.45, 7) is 0.311. The standard InChI is InChI=1S/C18H19N3O4/c1-21(18(19)24)10-14-16(11-5-3-2-4-6-11)25-15-8-7-12(17(22)23)9-13(15)20-14/h2-9,14,16,20H,10H2,1H3,(H2,19,24)(H,22,23). The number of carbonyl (C=O) groups excluding carboxylic acids is 1. The zero-order valence-corrected chi connectivity index (χ0v) is 13.7. The molecule has 0 bridgehead atoms. The number of benzene rings is 2. The molecule has 7 heteroatoms. The third-order valence-corrected chi connectivity index (χ3v) is 4.16. The van der Waals surface area contributed by atoms with E-state index in [-0.39, 0.29) is 17.7 Å². The smallest absolute Gasteiger partial charge is 0.335 e. The highest BCUT2D eigenvalue weighted by atomic mass is 16.5. The first-order chi connectivity index (χ1) is 12.0. The Morgan fingerprint density at radius 3 is 2.60 bits per heavy atom. The quantitative estimate of drug-likeness (QED) is 0.791. The van der Waals surface area contributed by atoms with Crippen LogP contribution in [0.25, 0.3) is 0 Å². The largest absolute Gasteiger partial charge is 0.481 e. The molecule has 0 aliphatic carbocycles. The lowest BCUT2D eigenvalue weighted by atomic mass is 9.98. The molecule has 0 fully saturated rings. The molecule has 0 spiro atoms. The van der Waals surface area contributed by atoms with Crippen molar-refractivity contribution >= 4 is 17.7 Å². The number of likely N-dealkylation sites (N-methyl/N-ethyl adjacent to an activating group) is 1. The van der Waals surface area contributed by atoms with Gasteiger partial charge < -0.3 is 25.8 Å². The van der Waals surface area contributed by atoms with Crippen LogP contribution in [-0.2, 0) is 0 Å². The molecule has 7 nitrogen and oxygen atoms in total. The number of primary amides is 1. The Morgan fingerprint density at radius 2 is 1.96 bits per heavy atom. The molecular formula is C18H19N3O4. The zero-order valence-electron chi connectivity index (χ0n) is 13.7. The molecule has 25 heavy (non-hydrogen) atoms. The number of hydrogen-bond acceptors (Lipinski definition) is 4. The zero-order chi connectivity index (χ0) is 18.0. The van der Waals surface area contributed by atoms with E-state index in [1.165, 1.54) is 17.0 Å². The van der Waals surface area contributed by atoms with Crippen LogP contribution in [0.15, 0.2) is 48.5 Å². The van der Waals surface area contributed by atoms with Crippen LogP contribution in [0.3, 0.4) is 0 Å². The van der Waals surface area contributed by atoms with Gasteiger partial charge in [0.2, 0.25) is 0 Å². The summed E-state index contributed by atoms with van der Waals surface area (Å²) in [5, 5.41) is 12.5. The van der Waals surface area contributed by atoms with Gasteiger partial charge in [0.15, 0.2) is 0 Å². The van der Waals surface area contributed by atoms with E-state index in [2.05, 4.69) is 5.32 Å². The number of amides is 2. The van der Waals surface area contributed by atoms with Crippen LogP contribution >= 0.6 is 0 Å². The fourth-order valence-electron chi connectivity index (χ4n) is 2.84. The molecule has 0 aromatic heterocycles. The van der Waals surface area contributed by atoms with Crippen LogP contribution in [-0.4, -0.2) is 41.6 Å². The Hall–Kier alpha value is -3.22. The first-order valence-corrected chi connectivity index (χ1v) is 7.82. The molecular weight excluding hydrogens is 322 g/mol. The third-order valence-electron chi connectivity index (χ3n) is 4.16. The summed E-state index contributed by atoms with van der Waals surface area (Å²) in [5.74, 6) is -0.447. The van der Waals surface area contributed by atoms with Crippen molar-refractivity contribution in [2.24, 2.45) is 5.73 Å². The molecule has 2 atom stereocenters. The highest BCUT2D eigenvalue weighted by Gasteiger charge is 2.32. The predicted octanol–water partition coefficient (Wildman–Crippen LogP) is 2.31. The van der Waals surface area contributed by atoms with E-state index in [9.17, 15) is 9.59 Å². The van der Waals surface area contributed by atoms with Crippen LogP contribution in [0.4, 0.5) is 10.5 Å². The van der Waals surface area contributed by atoms with Gasteiger partial charge in [0.1, 0.15) is 11.9 Å². The van der Waals surface area contributed by atoms with Crippen LogP contribution in [0, 0.1) is 0 Å². The van der Waals surface area contributed by atoms with E-state index in [0.717, 1.165) is 5.56 Å². The fourth-order valence-corrected chi connectivity index (χ4v) is 2.84. The summed E-state index contributed by atoms with van der Waals surface area (Å²) in [5.41, 5.74) is 7.03. The summed E-state index contributed by atoms with van der Waals surface area (Å²) in [6, 6.07) is 13.5.